The van der Waals surface area contributed by atoms with Crippen LogP contribution in [0.25, 0.3) is 0 Å². The summed E-state index contributed by atoms with van der Waals surface area (Å²) in [4.78, 5) is 51.0. The van der Waals surface area contributed by atoms with Crippen LogP contribution in [0.2, 0.25) is 0 Å². The standard InChI is InChI=1S/C35H39N7O3/c1-27-32(39-18-17-37-27)34(44)41-20-13-35(14-21-41)12-7-19-40(31-24-36-15-16-38-31)22-23-42(25-28-8-3-2-4-9-28)33(43)29-10-5-6-11-30(29)45-26-35/h2-6,8-11,15-18,24H,7,12-14,19-23,25-26H2,1H3. The van der Waals surface area contributed by atoms with Crippen LogP contribution in [0.15, 0.2) is 85.6 Å². The predicted octanol–water partition coefficient (Wildman–Crippen LogP) is 4.82. The van der Waals surface area contributed by atoms with E-state index in [2.05, 4.69) is 24.8 Å². The summed E-state index contributed by atoms with van der Waals surface area (Å²) in [5.41, 5.74) is 2.51. The third-order valence-electron chi connectivity index (χ3n) is 9.00. The van der Waals surface area contributed by atoms with Crippen LogP contribution in [0.3, 0.4) is 0 Å². The van der Waals surface area contributed by atoms with Gasteiger partial charge in [-0.3, -0.25) is 19.6 Å². The highest BCUT2D eigenvalue weighted by Gasteiger charge is 2.38. The number of fused-ring (bicyclic) bond motifs is 1. The summed E-state index contributed by atoms with van der Waals surface area (Å²) in [5.74, 6) is 1.24. The normalized spacial score (nSPS) is 17.4. The quantitative estimate of drug-likeness (QED) is 0.326. The SMILES string of the molecule is Cc1nccnc1C(=O)N1CCC2(CCCN(c3cnccn3)CCN(Cc3ccccc3)C(=O)c3ccccc3OC2)CC1. The number of ether oxygens (including phenoxy) is 1. The Balaban J connectivity index is 1.27. The van der Waals surface area contributed by atoms with Crippen LogP contribution in [-0.2, 0) is 6.54 Å². The molecule has 0 radical (unpaired) electrons. The number of carbonyl (C=O) groups is 2. The predicted molar refractivity (Wildman–Crippen MR) is 171 cm³/mol. The Bertz CT molecular complexity index is 1590. The number of hydrogen-bond acceptors (Lipinski definition) is 8. The number of aromatic nitrogens is 4. The van der Waals surface area contributed by atoms with Crippen molar-refractivity contribution >= 4 is 17.6 Å². The molecule has 10 nitrogen and oxygen atoms in total. The van der Waals surface area contributed by atoms with Gasteiger partial charge in [0, 0.05) is 69.5 Å². The number of hydrogen-bond donors (Lipinski definition) is 0. The number of benzene rings is 2. The minimum absolute atomic E-state index is 0.0680. The zero-order valence-corrected chi connectivity index (χ0v) is 25.7. The van der Waals surface area contributed by atoms with Gasteiger partial charge in [0.05, 0.1) is 24.1 Å². The molecule has 232 valence electrons. The molecule has 2 aliphatic heterocycles. The Morgan fingerprint density at radius 3 is 2.38 bits per heavy atom. The second-order valence-corrected chi connectivity index (χ2v) is 11.9. The van der Waals surface area contributed by atoms with E-state index in [4.69, 9.17) is 4.74 Å². The lowest BCUT2D eigenvalue weighted by molar-refractivity contribution is 0.0359. The molecular formula is C35H39N7O3. The van der Waals surface area contributed by atoms with E-state index in [9.17, 15) is 9.59 Å². The third-order valence-corrected chi connectivity index (χ3v) is 9.00. The van der Waals surface area contributed by atoms with Gasteiger partial charge >= 0.3 is 0 Å². The van der Waals surface area contributed by atoms with Crippen molar-refractivity contribution < 1.29 is 14.3 Å². The van der Waals surface area contributed by atoms with E-state index in [1.807, 2.05) is 71.3 Å². The number of para-hydroxylation sites is 1. The molecule has 1 saturated heterocycles. The van der Waals surface area contributed by atoms with Crippen molar-refractivity contribution in [1.29, 1.82) is 0 Å². The van der Waals surface area contributed by atoms with Crippen LogP contribution in [0.4, 0.5) is 5.82 Å². The minimum atomic E-state index is -0.157. The second kappa shape index (κ2) is 13.8. The van der Waals surface area contributed by atoms with Crippen molar-refractivity contribution in [3.8, 4) is 5.75 Å². The van der Waals surface area contributed by atoms with Gasteiger partial charge in [0.15, 0.2) is 0 Å². The van der Waals surface area contributed by atoms with Gasteiger partial charge in [0.2, 0.25) is 0 Å². The molecule has 0 bridgehead atoms. The molecule has 2 aromatic heterocycles. The average Bonchev–Trinajstić information content (AvgIpc) is 3.09. The van der Waals surface area contributed by atoms with Gasteiger partial charge in [-0.15, -0.1) is 0 Å². The lowest BCUT2D eigenvalue weighted by atomic mass is 9.75. The molecule has 0 unspecified atom stereocenters. The summed E-state index contributed by atoms with van der Waals surface area (Å²) in [6.45, 7) is 5.89. The number of carbonyl (C=O) groups excluding carboxylic acids is 2. The molecule has 45 heavy (non-hydrogen) atoms. The van der Waals surface area contributed by atoms with E-state index >= 15 is 0 Å². The topological polar surface area (TPSA) is 105 Å². The summed E-state index contributed by atoms with van der Waals surface area (Å²) in [6, 6.07) is 17.6. The first-order chi connectivity index (χ1) is 22.0. The molecule has 2 amide bonds. The Morgan fingerprint density at radius 1 is 0.844 bits per heavy atom. The molecule has 2 aliphatic rings. The Labute approximate surface area is 264 Å². The van der Waals surface area contributed by atoms with Crippen molar-refractivity contribution in [2.75, 3.05) is 44.2 Å². The maximum atomic E-state index is 14.2. The molecule has 0 aliphatic carbocycles. The Hall–Kier alpha value is -4.86. The van der Waals surface area contributed by atoms with Gasteiger partial charge in [-0.2, -0.15) is 0 Å². The van der Waals surface area contributed by atoms with Gasteiger partial charge < -0.3 is 19.4 Å². The lowest BCUT2D eigenvalue weighted by Crippen LogP contribution is -2.46. The summed E-state index contributed by atoms with van der Waals surface area (Å²) in [6.07, 6.45) is 11.8. The Morgan fingerprint density at radius 2 is 1.60 bits per heavy atom. The van der Waals surface area contributed by atoms with Crippen LogP contribution in [-0.4, -0.2) is 80.9 Å². The largest absolute Gasteiger partial charge is 0.492 e. The molecule has 2 aromatic carbocycles. The van der Waals surface area contributed by atoms with Crippen LogP contribution in [0.1, 0.15) is 57.8 Å². The highest BCUT2D eigenvalue weighted by Crippen LogP contribution is 2.38. The van der Waals surface area contributed by atoms with Gasteiger partial charge in [0.25, 0.3) is 11.8 Å². The van der Waals surface area contributed by atoms with Crippen LogP contribution in [0.5, 0.6) is 5.75 Å². The summed E-state index contributed by atoms with van der Waals surface area (Å²) in [7, 11) is 0. The Kier molecular flexibility index (Phi) is 9.28. The summed E-state index contributed by atoms with van der Waals surface area (Å²) < 4.78 is 6.57. The van der Waals surface area contributed by atoms with Gasteiger partial charge in [-0.05, 0) is 50.3 Å². The molecular weight excluding hydrogens is 566 g/mol. The third kappa shape index (κ3) is 7.11. The molecule has 0 atom stereocenters. The summed E-state index contributed by atoms with van der Waals surface area (Å²) in [5, 5.41) is 0. The monoisotopic (exact) mass is 605 g/mol. The summed E-state index contributed by atoms with van der Waals surface area (Å²) >= 11 is 0. The van der Waals surface area contributed by atoms with E-state index in [-0.39, 0.29) is 17.2 Å². The number of nitrogens with zero attached hydrogens (tertiary/aromatic N) is 7. The van der Waals surface area contributed by atoms with Gasteiger partial charge in [0.1, 0.15) is 17.3 Å². The van der Waals surface area contributed by atoms with Crippen molar-refractivity contribution in [1.82, 2.24) is 29.7 Å². The molecule has 0 N–H and O–H groups in total. The highest BCUT2D eigenvalue weighted by molar-refractivity contribution is 5.97. The first-order valence-corrected chi connectivity index (χ1v) is 15.6. The maximum absolute atomic E-state index is 14.2. The van der Waals surface area contributed by atoms with E-state index in [1.165, 1.54) is 0 Å². The van der Waals surface area contributed by atoms with Crippen LogP contribution in [0, 0.1) is 12.3 Å². The second-order valence-electron chi connectivity index (χ2n) is 11.9. The smallest absolute Gasteiger partial charge is 0.274 e. The molecule has 0 saturated carbocycles. The van der Waals surface area contributed by atoms with E-state index in [0.717, 1.165) is 43.6 Å². The van der Waals surface area contributed by atoms with Gasteiger partial charge in [-0.1, -0.05) is 42.5 Å². The van der Waals surface area contributed by atoms with Crippen molar-refractivity contribution in [2.45, 2.75) is 39.2 Å². The number of anilines is 1. The fraction of sp³-hybridized carbons (Fsp3) is 0.371. The first-order valence-electron chi connectivity index (χ1n) is 15.6. The average molecular weight is 606 g/mol. The van der Waals surface area contributed by atoms with Crippen LogP contribution < -0.4 is 9.64 Å². The maximum Gasteiger partial charge on any atom is 0.274 e. The number of likely N-dealkylation sites (tertiary alicyclic amines) is 1. The molecule has 1 fully saturated rings. The molecule has 1 spiro atoms. The highest BCUT2D eigenvalue weighted by atomic mass is 16.5. The molecule has 4 heterocycles. The number of rotatable bonds is 4. The van der Waals surface area contributed by atoms with Crippen LogP contribution >= 0.6 is 0 Å². The molecule has 10 heteroatoms. The van der Waals surface area contributed by atoms with E-state index in [0.29, 0.717) is 62.0 Å². The van der Waals surface area contributed by atoms with Crippen molar-refractivity contribution in [3.05, 3.63) is 108 Å². The molecule has 6 rings (SSSR count). The van der Waals surface area contributed by atoms with Gasteiger partial charge in [-0.25, -0.2) is 9.97 Å². The number of aryl methyl sites for hydroxylation is 1. The first kappa shape index (κ1) is 30.2. The van der Waals surface area contributed by atoms with Crippen molar-refractivity contribution in [2.24, 2.45) is 5.41 Å². The zero-order chi connectivity index (χ0) is 31.1. The minimum Gasteiger partial charge on any atom is -0.492 e. The fourth-order valence-corrected chi connectivity index (χ4v) is 6.33. The fourth-order valence-electron chi connectivity index (χ4n) is 6.33. The van der Waals surface area contributed by atoms with E-state index < -0.39 is 0 Å². The number of piperidine rings is 1. The molecule has 4 aromatic rings. The zero-order valence-electron chi connectivity index (χ0n) is 25.7. The van der Waals surface area contributed by atoms with E-state index in [1.54, 1.807) is 31.0 Å². The lowest BCUT2D eigenvalue weighted by Gasteiger charge is -2.42. The van der Waals surface area contributed by atoms with Crippen molar-refractivity contribution in [3.63, 3.8) is 0 Å². The number of amides is 2.